The maximum absolute atomic E-state index is 6.16. The minimum absolute atomic E-state index is 0.0720. The highest BCUT2D eigenvalue weighted by molar-refractivity contribution is 8.14. The molecule has 0 radical (unpaired) electrons. The maximum atomic E-state index is 6.16. The second-order valence-corrected chi connectivity index (χ2v) is 9.10. The van der Waals surface area contributed by atoms with E-state index in [0.29, 0.717) is 17.9 Å². The van der Waals surface area contributed by atoms with E-state index in [1.165, 1.54) is 5.56 Å². The van der Waals surface area contributed by atoms with E-state index in [0.717, 1.165) is 41.7 Å². The van der Waals surface area contributed by atoms with Crippen molar-refractivity contribution in [2.45, 2.75) is 64.3 Å². The fourth-order valence-corrected chi connectivity index (χ4v) is 5.02. The third-order valence-electron chi connectivity index (χ3n) is 5.42. The van der Waals surface area contributed by atoms with E-state index in [-0.39, 0.29) is 12.3 Å². The van der Waals surface area contributed by atoms with Crippen LogP contribution in [0.3, 0.4) is 0 Å². The molecular formula is C21H28N4OS. The van der Waals surface area contributed by atoms with Gasteiger partial charge < -0.3 is 4.74 Å². The Kier molecular flexibility index (Phi) is 5.48. The SMILES string of the molecule is CC1=NC2N=C(C(C)N3CC[C@@H](OCc4cc(C)cc(C)n4)C3)C=CC2S1. The summed E-state index contributed by atoms with van der Waals surface area (Å²) in [6.07, 6.45) is 5.86. The summed E-state index contributed by atoms with van der Waals surface area (Å²) in [6, 6.07) is 4.51. The number of aromatic nitrogens is 1. The molecule has 1 aromatic rings. The van der Waals surface area contributed by atoms with Crippen molar-refractivity contribution < 1.29 is 4.74 Å². The predicted octanol–water partition coefficient (Wildman–Crippen LogP) is 3.55. The lowest BCUT2D eigenvalue weighted by molar-refractivity contribution is 0.0438. The number of dihydropyridines is 1. The monoisotopic (exact) mass is 384 g/mol. The van der Waals surface area contributed by atoms with E-state index in [1.54, 1.807) is 0 Å². The van der Waals surface area contributed by atoms with Crippen LogP contribution in [0.4, 0.5) is 0 Å². The molecule has 4 heterocycles. The van der Waals surface area contributed by atoms with E-state index in [9.17, 15) is 0 Å². The van der Waals surface area contributed by atoms with Crippen LogP contribution >= 0.6 is 11.8 Å². The highest BCUT2D eigenvalue weighted by Gasteiger charge is 2.33. The van der Waals surface area contributed by atoms with Crippen LogP contribution in [0.5, 0.6) is 0 Å². The first-order valence-corrected chi connectivity index (χ1v) is 10.6. The molecule has 0 amide bonds. The normalized spacial score (nSPS) is 28.8. The lowest BCUT2D eigenvalue weighted by atomic mass is 10.1. The maximum Gasteiger partial charge on any atom is 0.156 e. The first kappa shape index (κ1) is 18.8. The van der Waals surface area contributed by atoms with E-state index in [2.05, 4.69) is 59.9 Å². The van der Waals surface area contributed by atoms with E-state index in [4.69, 9.17) is 9.73 Å². The molecule has 27 heavy (non-hydrogen) atoms. The molecule has 1 aromatic heterocycles. The molecule has 1 saturated heterocycles. The summed E-state index contributed by atoms with van der Waals surface area (Å²) in [5, 5.41) is 1.53. The van der Waals surface area contributed by atoms with Gasteiger partial charge in [0, 0.05) is 24.8 Å². The number of thioether (sulfide) groups is 1. The van der Waals surface area contributed by atoms with Gasteiger partial charge in [-0.3, -0.25) is 19.9 Å². The molecule has 0 bridgehead atoms. The summed E-state index contributed by atoms with van der Waals surface area (Å²) >= 11 is 1.82. The number of hydrogen-bond acceptors (Lipinski definition) is 6. The Bertz CT molecular complexity index is 783. The van der Waals surface area contributed by atoms with Crippen molar-refractivity contribution in [2.24, 2.45) is 9.98 Å². The zero-order valence-electron chi connectivity index (χ0n) is 16.6. The Hall–Kier alpha value is -1.50. The summed E-state index contributed by atoms with van der Waals surface area (Å²) in [5.74, 6) is 0. The quantitative estimate of drug-likeness (QED) is 0.779. The van der Waals surface area contributed by atoms with Crippen molar-refractivity contribution in [1.82, 2.24) is 9.88 Å². The number of likely N-dealkylation sites (tertiary alicyclic amines) is 1. The fourth-order valence-electron chi connectivity index (χ4n) is 4.06. The van der Waals surface area contributed by atoms with Crippen LogP contribution in [-0.2, 0) is 11.3 Å². The summed E-state index contributed by atoms with van der Waals surface area (Å²) in [6.45, 7) is 11.0. The first-order chi connectivity index (χ1) is 13.0. The van der Waals surface area contributed by atoms with Crippen molar-refractivity contribution in [3.8, 4) is 0 Å². The minimum Gasteiger partial charge on any atom is -0.371 e. The summed E-state index contributed by atoms with van der Waals surface area (Å²) in [4.78, 5) is 16.6. The van der Waals surface area contributed by atoms with Crippen LogP contribution in [0.2, 0.25) is 0 Å². The molecule has 3 aliphatic rings. The molecule has 6 heteroatoms. The van der Waals surface area contributed by atoms with Gasteiger partial charge >= 0.3 is 0 Å². The van der Waals surface area contributed by atoms with Gasteiger partial charge in [-0.15, -0.1) is 0 Å². The molecule has 0 spiro atoms. The first-order valence-electron chi connectivity index (χ1n) is 9.75. The Morgan fingerprint density at radius 3 is 2.93 bits per heavy atom. The minimum atomic E-state index is 0.0720. The van der Waals surface area contributed by atoms with Crippen LogP contribution in [-0.4, -0.2) is 57.3 Å². The van der Waals surface area contributed by atoms with Gasteiger partial charge in [0.15, 0.2) is 6.17 Å². The molecule has 1 fully saturated rings. The highest BCUT2D eigenvalue weighted by Crippen LogP contribution is 2.31. The average Bonchev–Trinajstić information content (AvgIpc) is 3.23. The second kappa shape index (κ2) is 7.86. The van der Waals surface area contributed by atoms with E-state index in [1.807, 2.05) is 18.7 Å². The van der Waals surface area contributed by atoms with Crippen LogP contribution in [0.15, 0.2) is 34.3 Å². The lowest BCUT2D eigenvalue weighted by Gasteiger charge is -2.27. The molecule has 0 aromatic carbocycles. The molecule has 0 saturated carbocycles. The average molecular weight is 385 g/mol. The van der Waals surface area contributed by atoms with Gasteiger partial charge in [-0.1, -0.05) is 17.8 Å². The zero-order chi connectivity index (χ0) is 19.0. The highest BCUT2D eigenvalue weighted by atomic mass is 32.2. The van der Waals surface area contributed by atoms with Crippen molar-refractivity contribution in [2.75, 3.05) is 13.1 Å². The van der Waals surface area contributed by atoms with Gasteiger partial charge in [-0.05, 0) is 57.9 Å². The molecule has 5 nitrogen and oxygen atoms in total. The van der Waals surface area contributed by atoms with Crippen LogP contribution in [0.25, 0.3) is 0 Å². The van der Waals surface area contributed by atoms with Crippen molar-refractivity contribution >= 4 is 22.5 Å². The Balaban J connectivity index is 1.32. The fraction of sp³-hybridized carbons (Fsp3) is 0.571. The molecule has 4 rings (SSSR count). The lowest BCUT2D eigenvalue weighted by Crippen LogP contribution is -2.39. The number of pyridine rings is 1. The Morgan fingerprint density at radius 2 is 2.11 bits per heavy atom. The largest absolute Gasteiger partial charge is 0.371 e. The third kappa shape index (κ3) is 4.33. The molecule has 3 aliphatic heterocycles. The Labute approximate surface area is 166 Å². The van der Waals surface area contributed by atoms with Crippen LogP contribution in [0, 0.1) is 13.8 Å². The van der Waals surface area contributed by atoms with Crippen molar-refractivity contribution in [1.29, 1.82) is 0 Å². The van der Waals surface area contributed by atoms with Gasteiger partial charge in [0.1, 0.15) is 0 Å². The number of fused-ring (bicyclic) bond motifs is 1. The standard InChI is InChI=1S/C21H28N4OS/c1-13-9-14(2)22-17(10-13)12-26-18-7-8-25(11-18)15(3)19-5-6-20-21(24-19)23-16(4)27-20/h5-6,9-10,15,18,20-21H,7-8,11-12H2,1-4H3/t15?,18-,20?,21?/m1/s1. The number of aliphatic imine (C=N–C) groups is 2. The molecule has 0 aliphatic carbocycles. The molecule has 3 unspecified atom stereocenters. The number of hydrogen-bond donors (Lipinski definition) is 0. The van der Waals surface area contributed by atoms with Crippen molar-refractivity contribution in [3.63, 3.8) is 0 Å². The summed E-state index contributed by atoms with van der Waals surface area (Å²) in [5.41, 5.74) is 4.47. The molecule has 0 N–H and O–H groups in total. The molecular weight excluding hydrogens is 356 g/mol. The summed E-state index contributed by atoms with van der Waals surface area (Å²) < 4.78 is 6.16. The topological polar surface area (TPSA) is 50.1 Å². The molecule has 4 atom stereocenters. The smallest absolute Gasteiger partial charge is 0.156 e. The number of rotatable bonds is 5. The predicted molar refractivity (Wildman–Crippen MR) is 113 cm³/mol. The zero-order valence-corrected chi connectivity index (χ0v) is 17.4. The van der Waals surface area contributed by atoms with Crippen LogP contribution in [0.1, 0.15) is 37.2 Å². The number of ether oxygens (including phenoxy) is 1. The third-order valence-corrected chi connectivity index (χ3v) is 6.54. The van der Waals surface area contributed by atoms with E-state index < -0.39 is 0 Å². The molecule has 144 valence electrons. The number of nitrogens with zero attached hydrogens (tertiary/aromatic N) is 4. The van der Waals surface area contributed by atoms with Gasteiger partial charge in [0.2, 0.25) is 0 Å². The van der Waals surface area contributed by atoms with Crippen molar-refractivity contribution in [3.05, 3.63) is 41.2 Å². The number of aryl methyl sites for hydroxylation is 2. The van der Waals surface area contributed by atoms with E-state index >= 15 is 0 Å². The van der Waals surface area contributed by atoms with Gasteiger partial charge in [0.05, 0.1) is 34.4 Å². The van der Waals surface area contributed by atoms with Crippen LogP contribution < -0.4 is 0 Å². The van der Waals surface area contributed by atoms with Gasteiger partial charge in [-0.2, -0.15) is 0 Å². The summed E-state index contributed by atoms with van der Waals surface area (Å²) in [7, 11) is 0. The Morgan fingerprint density at radius 1 is 1.26 bits per heavy atom. The van der Waals surface area contributed by atoms with Gasteiger partial charge in [-0.25, -0.2) is 0 Å². The second-order valence-electron chi connectivity index (χ2n) is 7.73. The van der Waals surface area contributed by atoms with Gasteiger partial charge in [0.25, 0.3) is 0 Å².